The highest BCUT2D eigenvalue weighted by Crippen LogP contribution is 2.09. The molecule has 0 rings (SSSR count). The molecule has 0 saturated carbocycles. The molecule has 88 valence electrons. The summed E-state index contributed by atoms with van der Waals surface area (Å²) in [5.41, 5.74) is 3.85. The first-order chi connectivity index (χ1) is 6.41. The summed E-state index contributed by atoms with van der Waals surface area (Å²) in [6, 6.07) is 0. The molecule has 0 aliphatic carbocycles. The standard InChI is InChI=1S/C12H27N.BrH/c1-2-3-4-5-6-7-8-9-10-11-12-13;/h2-13H2,1H3;1H. The quantitative estimate of drug-likeness (QED) is 0.545. The summed E-state index contributed by atoms with van der Waals surface area (Å²) >= 11 is 0. The second-order valence-electron chi connectivity index (χ2n) is 4.04. The van der Waals surface area contributed by atoms with Crippen LogP contribution in [0, 0.1) is 0 Å². The molecule has 0 atom stereocenters. The molecular formula is C12H28BrN. The second-order valence-corrected chi connectivity index (χ2v) is 4.04. The molecule has 3 N–H and O–H groups in total. The topological polar surface area (TPSA) is 27.6 Å². The molecule has 0 aromatic rings. The molecule has 0 unspecified atom stereocenters. The lowest BCUT2D eigenvalue weighted by atomic mass is 10.1. The Morgan fingerprint density at radius 1 is 0.643 bits per heavy atom. The van der Waals surface area contributed by atoms with E-state index >= 15 is 0 Å². The average Bonchev–Trinajstić information content (AvgIpc) is 2.16. The van der Waals surface area contributed by atoms with E-state index in [1.807, 2.05) is 0 Å². The molecule has 0 bridgehead atoms. The van der Waals surface area contributed by atoms with Crippen LogP contribution >= 0.6 is 0 Å². The Hall–Kier alpha value is 0.440. The van der Waals surface area contributed by atoms with Gasteiger partial charge in [0.2, 0.25) is 0 Å². The van der Waals surface area contributed by atoms with E-state index in [1.54, 1.807) is 0 Å². The van der Waals surface area contributed by atoms with E-state index in [-0.39, 0.29) is 17.0 Å². The van der Waals surface area contributed by atoms with Crippen LogP contribution < -0.4 is 22.7 Å². The first kappa shape index (κ1) is 16.9. The maximum atomic E-state index is 3.85. The predicted octanol–water partition coefficient (Wildman–Crippen LogP) is 0.153. The summed E-state index contributed by atoms with van der Waals surface area (Å²) in [5.74, 6) is 0. The highest BCUT2D eigenvalue weighted by atomic mass is 79.9. The van der Waals surface area contributed by atoms with Crippen LogP contribution in [-0.2, 0) is 0 Å². The van der Waals surface area contributed by atoms with Gasteiger partial charge in [0.1, 0.15) is 0 Å². The highest BCUT2D eigenvalue weighted by molar-refractivity contribution is 4.46. The van der Waals surface area contributed by atoms with E-state index in [0.717, 1.165) is 6.54 Å². The maximum absolute atomic E-state index is 3.85. The van der Waals surface area contributed by atoms with Crippen LogP contribution in [0.5, 0.6) is 0 Å². The number of rotatable bonds is 10. The largest absolute Gasteiger partial charge is 1.00 e. The van der Waals surface area contributed by atoms with E-state index in [4.69, 9.17) is 0 Å². The van der Waals surface area contributed by atoms with Crippen LogP contribution in [0.25, 0.3) is 0 Å². The SMILES string of the molecule is CCCCCCCCCCCC[NH3+].[Br-]. The van der Waals surface area contributed by atoms with E-state index in [2.05, 4.69) is 12.7 Å². The number of hydrogen-bond acceptors (Lipinski definition) is 0. The van der Waals surface area contributed by atoms with Gasteiger partial charge in [-0.2, -0.15) is 0 Å². The third-order valence-corrected chi connectivity index (χ3v) is 2.60. The molecule has 0 fully saturated rings. The van der Waals surface area contributed by atoms with Crippen molar-refractivity contribution in [3.05, 3.63) is 0 Å². The van der Waals surface area contributed by atoms with Crippen molar-refractivity contribution in [2.24, 2.45) is 0 Å². The van der Waals surface area contributed by atoms with Gasteiger partial charge in [0, 0.05) is 0 Å². The molecule has 0 aromatic carbocycles. The van der Waals surface area contributed by atoms with E-state index in [0.29, 0.717) is 0 Å². The highest BCUT2D eigenvalue weighted by Gasteiger charge is 1.91. The van der Waals surface area contributed by atoms with Crippen LogP contribution in [0.3, 0.4) is 0 Å². The Balaban J connectivity index is 0. The first-order valence-electron chi connectivity index (χ1n) is 6.21. The second kappa shape index (κ2) is 15.9. The molecule has 0 aliphatic heterocycles. The van der Waals surface area contributed by atoms with E-state index in [9.17, 15) is 0 Å². The molecule has 0 aliphatic rings. The van der Waals surface area contributed by atoms with Crippen molar-refractivity contribution in [3.63, 3.8) is 0 Å². The third kappa shape index (κ3) is 14.9. The molecule has 0 heterocycles. The van der Waals surface area contributed by atoms with Gasteiger partial charge < -0.3 is 22.7 Å². The fraction of sp³-hybridized carbons (Fsp3) is 1.00. The van der Waals surface area contributed by atoms with Crippen molar-refractivity contribution in [2.75, 3.05) is 6.54 Å². The van der Waals surface area contributed by atoms with Crippen molar-refractivity contribution >= 4 is 0 Å². The zero-order valence-electron chi connectivity index (χ0n) is 9.86. The third-order valence-electron chi connectivity index (χ3n) is 2.60. The molecule has 0 radical (unpaired) electrons. The van der Waals surface area contributed by atoms with Gasteiger partial charge in [-0.25, -0.2) is 0 Å². The monoisotopic (exact) mass is 265 g/mol. The number of halogens is 1. The Kier molecular flexibility index (Phi) is 19.1. The molecule has 0 amide bonds. The van der Waals surface area contributed by atoms with Crippen LogP contribution in [0.4, 0.5) is 0 Å². The minimum atomic E-state index is 0. The summed E-state index contributed by atoms with van der Waals surface area (Å²) in [5, 5.41) is 0. The fourth-order valence-electron chi connectivity index (χ4n) is 1.66. The fourth-order valence-corrected chi connectivity index (χ4v) is 1.66. The lowest BCUT2D eigenvalue weighted by molar-refractivity contribution is -0.368. The van der Waals surface area contributed by atoms with Crippen LogP contribution in [0.15, 0.2) is 0 Å². The Morgan fingerprint density at radius 3 is 1.36 bits per heavy atom. The normalized spacial score (nSPS) is 9.86. The zero-order chi connectivity index (χ0) is 9.78. The summed E-state index contributed by atoms with van der Waals surface area (Å²) in [7, 11) is 0. The van der Waals surface area contributed by atoms with Gasteiger partial charge in [-0.3, -0.25) is 0 Å². The van der Waals surface area contributed by atoms with Crippen LogP contribution in [-0.4, -0.2) is 6.54 Å². The summed E-state index contributed by atoms with van der Waals surface area (Å²) < 4.78 is 0. The minimum Gasteiger partial charge on any atom is -1.00 e. The zero-order valence-corrected chi connectivity index (χ0v) is 11.4. The Labute approximate surface area is 101 Å². The van der Waals surface area contributed by atoms with Gasteiger partial charge in [0.15, 0.2) is 0 Å². The van der Waals surface area contributed by atoms with Gasteiger partial charge in [-0.05, 0) is 12.8 Å². The van der Waals surface area contributed by atoms with Crippen molar-refractivity contribution in [1.82, 2.24) is 0 Å². The lowest BCUT2D eigenvalue weighted by Crippen LogP contribution is -3.00. The number of unbranched alkanes of at least 4 members (excludes halogenated alkanes) is 9. The van der Waals surface area contributed by atoms with Crippen molar-refractivity contribution in [1.29, 1.82) is 0 Å². The van der Waals surface area contributed by atoms with Crippen LogP contribution in [0.2, 0.25) is 0 Å². The summed E-state index contributed by atoms with van der Waals surface area (Å²) in [4.78, 5) is 0. The number of hydrogen-bond donors (Lipinski definition) is 1. The van der Waals surface area contributed by atoms with Crippen molar-refractivity contribution in [2.45, 2.75) is 71.1 Å². The Morgan fingerprint density at radius 2 is 1.00 bits per heavy atom. The van der Waals surface area contributed by atoms with Gasteiger partial charge in [0.05, 0.1) is 6.54 Å². The van der Waals surface area contributed by atoms with E-state index in [1.165, 1.54) is 64.2 Å². The van der Waals surface area contributed by atoms with E-state index < -0.39 is 0 Å². The van der Waals surface area contributed by atoms with Gasteiger partial charge in [-0.15, -0.1) is 0 Å². The lowest BCUT2D eigenvalue weighted by Gasteiger charge is -2.00. The van der Waals surface area contributed by atoms with Crippen molar-refractivity contribution < 1.29 is 22.7 Å². The van der Waals surface area contributed by atoms with Crippen molar-refractivity contribution in [3.8, 4) is 0 Å². The molecule has 0 saturated heterocycles. The Bertz CT molecular complexity index is 76.4. The molecule has 2 heteroatoms. The first-order valence-corrected chi connectivity index (χ1v) is 6.21. The maximum Gasteiger partial charge on any atom is 0.0739 e. The van der Waals surface area contributed by atoms with Gasteiger partial charge in [-0.1, -0.05) is 58.3 Å². The minimum absolute atomic E-state index is 0. The summed E-state index contributed by atoms with van der Waals surface area (Å²) in [6.45, 7) is 3.40. The predicted molar refractivity (Wildman–Crippen MR) is 59.6 cm³/mol. The molecule has 0 aromatic heterocycles. The molecule has 14 heavy (non-hydrogen) atoms. The smallest absolute Gasteiger partial charge is 0.0739 e. The van der Waals surface area contributed by atoms with Gasteiger partial charge in [0.25, 0.3) is 0 Å². The molecular weight excluding hydrogens is 238 g/mol. The molecule has 1 nitrogen and oxygen atoms in total. The molecule has 0 spiro atoms. The summed E-state index contributed by atoms with van der Waals surface area (Å²) in [6.07, 6.45) is 14.2. The average molecular weight is 266 g/mol. The van der Waals surface area contributed by atoms with Gasteiger partial charge >= 0.3 is 0 Å². The number of quaternary nitrogens is 1. The van der Waals surface area contributed by atoms with Crippen LogP contribution in [0.1, 0.15) is 71.1 Å².